The molecule has 1 aromatic carbocycles. The molecule has 0 spiro atoms. The number of amides is 2. The number of halogens is 1. The van der Waals surface area contributed by atoms with Crippen LogP contribution in [-0.2, 0) is 19.1 Å². The van der Waals surface area contributed by atoms with Crippen molar-refractivity contribution in [3.05, 3.63) is 34.9 Å². The second-order valence-corrected chi connectivity index (χ2v) is 7.43. The summed E-state index contributed by atoms with van der Waals surface area (Å²) in [6.45, 7) is -0.123. The standard InChI is InChI=1S/C19H23ClN2O4/c20-13-8-6-12(7-9-13)18-15(10-17(24)26-18)19(25)22(11-16(21)23)14-4-2-1-3-5-14/h6-9,14-15,18H,1-5,10-11H2,(H2,21,23)/t15-,18+/m0/s1. The number of esters is 1. The summed E-state index contributed by atoms with van der Waals surface area (Å²) < 4.78 is 5.42. The summed E-state index contributed by atoms with van der Waals surface area (Å²) in [5.74, 6) is -1.84. The van der Waals surface area contributed by atoms with Crippen molar-refractivity contribution < 1.29 is 19.1 Å². The number of rotatable bonds is 5. The highest BCUT2D eigenvalue weighted by molar-refractivity contribution is 6.30. The molecule has 1 aliphatic heterocycles. The van der Waals surface area contributed by atoms with E-state index in [2.05, 4.69) is 0 Å². The van der Waals surface area contributed by atoms with E-state index in [1.165, 1.54) is 0 Å². The molecule has 0 aromatic heterocycles. The summed E-state index contributed by atoms with van der Waals surface area (Å²) in [5.41, 5.74) is 6.10. The minimum atomic E-state index is -0.661. The number of ether oxygens (including phenoxy) is 1. The highest BCUT2D eigenvalue weighted by Crippen LogP contribution is 2.38. The van der Waals surface area contributed by atoms with Crippen LogP contribution in [0.3, 0.4) is 0 Å². The van der Waals surface area contributed by atoms with Gasteiger partial charge in [-0.05, 0) is 30.5 Å². The molecule has 140 valence electrons. The van der Waals surface area contributed by atoms with Crippen LogP contribution in [0.2, 0.25) is 5.02 Å². The first kappa shape index (κ1) is 18.7. The Morgan fingerprint density at radius 3 is 2.42 bits per heavy atom. The van der Waals surface area contributed by atoms with E-state index in [0.29, 0.717) is 5.02 Å². The number of nitrogens with zero attached hydrogens (tertiary/aromatic N) is 1. The molecule has 0 radical (unpaired) electrons. The van der Waals surface area contributed by atoms with Gasteiger partial charge in [-0.25, -0.2) is 0 Å². The van der Waals surface area contributed by atoms with Gasteiger partial charge in [-0.1, -0.05) is 43.0 Å². The van der Waals surface area contributed by atoms with Crippen molar-refractivity contribution in [3.8, 4) is 0 Å². The maximum absolute atomic E-state index is 13.2. The number of carbonyl (C=O) groups excluding carboxylic acids is 3. The molecule has 7 heteroatoms. The van der Waals surface area contributed by atoms with Crippen molar-refractivity contribution in [2.45, 2.75) is 50.7 Å². The predicted octanol–water partition coefficient (Wildman–Crippen LogP) is 2.59. The number of nitrogens with two attached hydrogens (primary N) is 1. The Balaban J connectivity index is 1.84. The minimum absolute atomic E-state index is 0.00804. The summed E-state index contributed by atoms with van der Waals surface area (Å²) in [7, 11) is 0. The van der Waals surface area contributed by atoms with Crippen LogP contribution >= 0.6 is 11.6 Å². The molecule has 2 amide bonds. The zero-order valence-corrected chi connectivity index (χ0v) is 15.3. The quantitative estimate of drug-likeness (QED) is 0.797. The molecule has 2 aliphatic rings. The third-order valence-corrected chi connectivity index (χ3v) is 5.40. The number of cyclic esters (lactones) is 1. The van der Waals surface area contributed by atoms with Gasteiger partial charge in [0.15, 0.2) is 0 Å². The Morgan fingerprint density at radius 1 is 1.15 bits per heavy atom. The van der Waals surface area contributed by atoms with E-state index in [4.69, 9.17) is 22.1 Å². The van der Waals surface area contributed by atoms with Crippen molar-refractivity contribution in [2.75, 3.05) is 6.54 Å². The second kappa shape index (κ2) is 8.08. The fraction of sp³-hybridized carbons (Fsp3) is 0.526. The summed E-state index contributed by atoms with van der Waals surface area (Å²) >= 11 is 5.92. The molecule has 1 saturated carbocycles. The lowest BCUT2D eigenvalue weighted by atomic mass is 9.90. The Morgan fingerprint density at radius 2 is 1.81 bits per heavy atom. The zero-order valence-electron chi connectivity index (χ0n) is 14.5. The Bertz CT molecular complexity index is 685. The number of hydrogen-bond donors (Lipinski definition) is 1. The molecule has 2 N–H and O–H groups in total. The first-order valence-corrected chi connectivity index (χ1v) is 9.37. The molecule has 26 heavy (non-hydrogen) atoms. The zero-order chi connectivity index (χ0) is 18.7. The smallest absolute Gasteiger partial charge is 0.307 e. The van der Waals surface area contributed by atoms with E-state index in [0.717, 1.165) is 37.7 Å². The third kappa shape index (κ3) is 4.18. The topological polar surface area (TPSA) is 89.7 Å². The average molecular weight is 379 g/mol. The van der Waals surface area contributed by atoms with E-state index in [1.807, 2.05) is 0 Å². The molecular weight excluding hydrogens is 356 g/mol. The Labute approximate surface area is 157 Å². The van der Waals surface area contributed by atoms with Gasteiger partial charge in [-0.15, -0.1) is 0 Å². The van der Waals surface area contributed by atoms with Gasteiger partial charge in [0.05, 0.1) is 18.9 Å². The van der Waals surface area contributed by atoms with Crippen LogP contribution in [0.4, 0.5) is 0 Å². The number of benzene rings is 1. The molecule has 0 unspecified atom stereocenters. The van der Waals surface area contributed by atoms with E-state index in [1.54, 1.807) is 29.2 Å². The van der Waals surface area contributed by atoms with E-state index in [9.17, 15) is 14.4 Å². The van der Waals surface area contributed by atoms with Crippen LogP contribution in [0.1, 0.15) is 50.2 Å². The summed E-state index contributed by atoms with van der Waals surface area (Å²) in [5, 5.41) is 0.568. The monoisotopic (exact) mass is 378 g/mol. The highest BCUT2D eigenvalue weighted by Gasteiger charge is 2.44. The van der Waals surface area contributed by atoms with Crippen LogP contribution < -0.4 is 5.73 Å². The molecule has 1 heterocycles. The van der Waals surface area contributed by atoms with Crippen molar-refractivity contribution >= 4 is 29.4 Å². The Kier molecular flexibility index (Phi) is 5.81. The van der Waals surface area contributed by atoms with Gasteiger partial charge in [-0.2, -0.15) is 0 Å². The van der Waals surface area contributed by atoms with E-state index in [-0.39, 0.29) is 24.9 Å². The van der Waals surface area contributed by atoms with E-state index >= 15 is 0 Å². The predicted molar refractivity (Wildman–Crippen MR) is 96.2 cm³/mol. The maximum atomic E-state index is 13.2. The number of hydrogen-bond acceptors (Lipinski definition) is 4. The molecule has 1 saturated heterocycles. The van der Waals surface area contributed by atoms with Crippen molar-refractivity contribution in [1.29, 1.82) is 0 Å². The summed E-state index contributed by atoms with van der Waals surface area (Å²) in [6, 6.07) is 6.90. The van der Waals surface area contributed by atoms with Gasteiger partial charge in [0, 0.05) is 11.1 Å². The van der Waals surface area contributed by atoms with Crippen LogP contribution in [-0.4, -0.2) is 35.3 Å². The lowest BCUT2D eigenvalue weighted by Crippen LogP contribution is -2.48. The van der Waals surface area contributed by atoms with Crippen molar-refractivity contribution in [1.82, 2.24) is 4.90 Å². The lowest BCUT2D eigenvalue weighted by Gasteiger charge is -2.35. The van der Waals surface area contributed by atoms with Crippen LogP contribution in [0.25, 0.3) is 0 Å². The molecule has 3 rings (SSSR count). The van der Waals surface area contributed by atoms with E-state index < -0.39 is 23.9 Å². The van der Waals surface area contributed by atoms with Crippen molar-refractivity contribution in [2.24, 2.45) is 11.7 Å². The van der Waals surface area contributed by atoms with Gasteiger partial charge in [0.2, 0.25) is 11.8 Å². The third-order valence-electron chi connectivity index (χ3n) is 5.15. The summed E-state index contributed by atoms with van der Waals surface area (Å²) in [6.07, 6.45) is 4.23. The normalized spacial score (nSPS) is 23.5. The minimum Gasteiger partial charge on any atom is -0.457 e. The Hall–Kier alpha value is -2.08. The molecule has 2 atom stereocenters. The lowest BCUT2D eigenvalue weighted by molar-refractivity contribution is -0.145. The molecular formula is C19H23ClN2O4. The highest BCUT2D eigenvalue weighted by atomic mass is 35.5. The van der Waals surface area contributed by atoms with Crippen LogP contribution in [0.15, 0.2) is 24.3 Å². The average Bonchev–Trinajstić information content (AvgIpc) is 3.02. The molecule has 0 bridgehead atoms. The largest absolute Gasteiger partial charge is 0.457 e. The first-order chi connectivity index (χ1) is 12.5. The molecule has 1 aromatic rings. The maximum Gasteiger partial charge on any atom is 0.307 e. The van der Waals surface area contributed by atoms with Crippen LogP contribution in [0, 0.1) is 5.92 Å². The van der Waals surface area contributed by atoms with Gasteiger partial charge in [-0.3, -0.25) is 14.4 Å². The fourth-order valence-corrected chi connectivity index (χ4v) is 4.01. The number of carbonyl (C=O) groups is 3. The SMILES string of the molecule is NC(=O)CN(C(=O)[C@H]1CC(=O)O[C@@H]1c1ccc(Cl)cc1)C1CCCCC1. The van der Waals surface area contributed by atoms with Gasteiger partial charge >= 0.3 is 5.97 Å². The van der Waals surface area contributed by atoms with Crippen molar-refractivity contribution in [3.63, 3.8) is 0 Å². The van der Waals surface area contributed by atoms with Crippen LogP contribution in [0.5, 0.6) is 0 Å². The molecule has 6 nitrogen and oxygen atoms in total. The van der Waals surface area contributed by atoms with Gasteiger partial charge in [0.1, 0.15) is 6.10 Å². The molecule has 1 aliphatic carbocycles. The van der Waals surface area contributed by atoms with Gasteiger partial charge in [0.25, 0.3) is 0 Å². The first-order valence-electron chi connectivity index (χ1n) is 8.99. The number of primary amides is 1. The molecule has 2 fully saturated rings. The second-order valence-electron chi connectivity index (χ2n) is 7.00. The fourth-order valence-electron chi connectivity index (χ4n) is 3.89. The summed E-state index contributed by atoms with van der Waals surface area (Å²) in [4.78, 5) is 38.3. The van der Waals surface area contributed by atoms with Gasteiger partial charge < -0.3 is 15.4 Å².